The van der Waals surface area contributed by atoms with E-state index in [4.69, 9.17) is 0 Å². The molecule has 0 spiro atoms. The second-order valence-corrected chi connectivity index (χ2v) is 16.4. The molecule has 1 aliphatic rings. The Morgan fingerprint density at radius 2 is 0.797 bits per heavy atom. The predicted octanol–water partition coefficient (Wildman–Crippen LogP) is 17.4. The molecule has 0 aliphatic heterocycles. The van der Waals surface area contributed by atoms with Crippen LogP contribution in [0.3, 0.4) is 0 Å². The van der Waals surface area contributed by atoms with Gasteiger partial charge in [0.1, 0.15) is 0 Å². The van der Waals surface area contributed by atoms with E-state index in [0.717, 1.165) is 40.5 Å². The van der Waals surface area contributed by atoms with Crippen molar-refractivity contribution in [3.8, 4) is 22.3 Å². The number of fused-ring (bicyclic) bond motifs is 2. The van der Waals surface area contributed by atoms with E-state index in [1.54, 1.807) is 0 Å². The Kier molecular flexibility index (Phi) is 10.5. The summed E-state index contributed by atoms with van der Waals surface area (Å²) in [6, 6.07) is 87.7. The van der Waals surface area contributed by atoms with Crippen molar-refractivity contribution in [3.63, 3.8) is 0 Å². The van der Waals surface area contributed by atoms with Crippen LogP contribution in [0.4, 0.5) is 34.1 Å². The fraction of sp³-hybridized carbons (Fsp3) is 0.0323. The fourth-order valence-electron chi connectivity index (χ4n) is 9.52. The van der Waals surface area contributed by atoms with Gasteiger partial charge in [0.05, 0.1) is 11.4 Å². The number of nitrogens with zero attached hydrogens (tertiary/aromatic N) is 2. The van der Waals surface area contributed by atoms with Crippen LogP contribution in [0.1, 0.15) is 23.5 Å². The topological polar surface area (TPSA) is 6.48 Å². The van der Waals surface area contributed by atoms with E-state index in [1.165, 1.54) is 60.5 Å². The van der Waals surface area contributed by atoms with Crippen molar-refractivity contribution in [2.45, 2.75) is 12.3 Å². The third kappa shape index (κ3) is 7.46. The van der Waals surface area contributed by atoms with Gasteiger partial charge in [-0.2, -0.15) is 0 Å². The van der Waals surface area contributed by atoms with E-state index >= 15 is 0 Å². The van der Waals surface area contributed by atoms with Gasteiger partial charge in [0, 0.05) is 39.4 Å². The molecule has 1 unspecified atom stereocenters. The first-order valence-corrected chi connectivity index (χ1v) is 22.2. The second kappa shape index (κ2) is 17.3. The average molecular weight is 819 g/mol. The van der Waals surface area contributed by atoms with Gasteiger partial charge in [0.2, 0.25) is 0 Å². The maximum absolute atomic E-state index is 2.45. The maximum atomic E-state index is 2.45. The summed E-state index contributed by atoms with van der Waals surface area (Å²) in [4.78, 5) is 4.80. The first kappa shape index (κ1) is 38.7. The molecule has 304 valence electrons. The minimum atomic E-state index is 0.204. The summed E-state index contributed by atoms with van der Waals surface area (Å²) in [5, 5.41) is 4.87. The van der Waals surface area contributed by atoms with E-state index in [9.17, 15) is 0 Å². The van der Waals surface area contributed by atoms with Gasteiger partial charge < -0.3 is 9.80 Å². The number of para-hydroxylation sites is 2. The van der Waals surface area contributed by atoms with Gasteiger partial charge in [-0.1, -0.05) is 200 Å². The SMILES string of the molecule is C1=CC(c2ccc(N(c3ccccc3)c3cccc4ccccc34)cc2-c2ccccc2)CC=C1c1ccc(N(c2ccccc2)c2cccc3ccccc23)cc1-c1ccccc1. The number of hydrogen-bond acceptors (Lipinski definition) is 2. The molecule has 10 aromatic carbocycles. The highest BCUT2D eigenvalue weighted by Crippen LogP contribution is 2.46. The highest BCUT2D eigenvalue weighted by molar-refractivity contribution is 6.01. The summed E-state index contributed by atoms with van der Waals surface area (Å²) in [5.41, 5.74) is 15.4. The van der Waals surface area contributed by atoms with Gasteiger partial charge in [0.25, 0.3) is 0 Å². The molecule has 11 rings (SSSR count). The lowest BCUT2D eigenvalue weighted by atomic mass is 9.83. The van der Waals surface area contributed by atoms with Gasteiger partial charge in [-0.05, 0) is 117 Å². The molecule has 64 heavy (non-hydrogen) atoms. The lowest BCUT2D eigenvalue weighted by Gasteiger charge is -2.29. The minimum Gasteiger partial charge on any atom is -0.310 e. The quantitative estimate of drug-likeness (QED) is 0.136. The van der Waals surface area contributed by atoms with Crippen molar-refractivity contribution in [2.75, 3.05) is 9.80 Å². The molecule has 0 saturated heterocycles. The van der Waals surface area contributed by atoms with E-state index in [-0.39, 0.29) is 5.92 Å². The minimum absolute atomic E-state index is 0.204. The highest BCUT2D eigenvalue weighted by Gasteiger charge is 2.23. The van der Waals surface area contributed by atoms with Crippen molar-refractivity contribution in [2.24, 2.45) is 0 Å². The van der Waals surface area contributed by atoms with E-state index in [1.807, 2.05) is 0 Å². The van der Waals surface area contributed by atoms with Crippen molar-refractivity contribution >= 4 is 61.2 Å². The number of anilines is 6. The standard InChI is InChI=1S/C62H46N2/c1-5-19-47(20-6-1)59-43-53(63(51-27-9-3-10-28-51)61-33-17-25-45-23-13-15-31-57(45)61)39-41-55(59)49-35-37-50(38-36-49)56-42-40-54(44-60(56)48-21-7-2-8-22-48)64(52-29-11-4-12-30-52)62-34-18-26-46-24-14-16-32-58(46)62/h1-37,39-44,50H,38H2. The monoisotopic (exact) mass is 818 g/mol. The van der Waals surface area contributed by atoms with Gasteiger partial charge in [-0.3, -0.25) is 0 Å². The highest BCUT2D eigenvalue weighted by atomic mass is 15.1. The van der Waals surface area contributed by atoms with Crippen molar-refractivity contribution in [1.29, 1.82) is 0 Å². The van der Waals surface area contributed by atoms with Crippen LogP contribution in [0.2, 0.25) is 0 Å². The summed E-state index contributed by atoms with van der Waals surface area (Å²) in [7, 11) is 0. The Morgan fingerprint density at radius 3 is 1.33 bits per heavy atom. The van der Waals surface area contributed by atoms with Crippen LogP contribution in [0.25, 0.3) is 49.4 Å². The molecule has 0 radical (unpaired) electrons. The molecule has 0 bridgehead atoms. The third-order valence-corrected chi connectivity index (χ3v) is 12.6. The first-order chi connectivity index (χ1) is 31.8. The van der Waals surface area contributed by atoms with Gasteiger partial charge in [-0.25, -0.2) is 0 Å². The third-order valence-electron chi connectivity index (χ3n) is 12.6. The van der Waals surface area contributed by atoms with Crippen LogP contribution in [-0.2, 0) is 0 Å². The maximum Gasteiger partial charge on any atom is 0.0540 e. The fourth-order valence-corrected chi connectivity index (χ4v) is 9.52. The molecule has 0 heterocycles. The number of rotatable bonds is 10. The lowest BCUT2D eigenvalue weighted by Crippen LogP contribution is -2.11. The smallest absolute Gasteiger partial charge is 0.0540 e. The van der Waals surface area contributed by atoms with Crippen molar-refractivity contribution in [3.05, 3.63) is 272 Å². The number of hydrogen-bond donors (Lipinski definition) is 0. The van der Waals surface area contributed by atoms with Gasteiger partial charge in [-0.15, -0.1) is 0 Å². The molecular weight excluding hydrogens is 773 g/mol. The molecule has 0 fully saturated rings. The Balaban J connectivity index is 0.987. The zero-order valence-electron chi connectivity index (χ0n) is 35.5. The number of benzene rings is 10. The Morgan fingerprint density at radius 1 is 0.344 bits per heavy atom. The van der Waals surface area contributed by atoms with Crippen LogP contribution in [0.5, 0.6) is 0 Å². The molecule has 2 heteroatoms. The Labute approximate surface area is 376 Å². The van der Waals surface area contributed by atoms with Crippen molar-refractivity contribution < 1.29 is 0 Å². The van der Waals surface area contributed by atoms with Crippen LogP contribution < -0.4 is 9.80 Å². The van der Waals surface area contributed by atoms with Crippen LogP contribution >= 0.6 is 0 Å². The summed E-state index contributed by atoms with van der Waals surface area (Å²) in [5.74, 6) is 0.204. The molecule has 2 nitrogen and oxygen atoms in total. The Hall–Kier alpha value is -8.20. The van der Waals surface area contributed by atoms with E-state index < -0.39 is 0 Å². The van der Waals surface area contributed by atoms with Crippen molar-refractivity contribution in [1.82, 2.24) is 0 Å². The molecular formula is C62H46N2. The predicted molar refractivity (Wildman–Crippen MR) is 273 cm³/mol. The van der Waals surface area contributed by atoms with Gasteiger partial charge >= 0.3 is 0 Å². The largest absolute Gasteiger partial charge is 0.310 e. The molecule has 0 amide bonds. The van der Waals surface area contributed by atoms with Crippen LogP contribution in [0.15, 0.2) is 261 Å². The second-order valence-electron chi connectivity index (χ2n) is 16.4. The zero-order valence-corrected chi connectivity index (χ0v) is 35.5. The number of allylic oxidation sites excluding steroid dienone is 4. The molecule has 1 aliphatic carbocycles. The van der Waals surface area contributed by atoms with Gasteiger partial charge in [0.15, 0.2) is 0 Å². The van der Waals surface area contributed by atoms with Crippen LogP contribution in [0, 0.1) is 0 Å². The molecule has 0 saturated carbocycles. The summed E-state index contributed by atoms with van der Waals surface area (Å²) in [6.45, 7) is 0. The van der Waals surface area contributed by atoms with Crippen LogP contribution in [-0.4, -0.2) is 0 Å². The van der Waals surface area contributed by atoms with E-state index in [2.05, 4.69) is 271 Å². The average Bonchev–Trinajstić information content (AvgIpc) is 3.38. The first-order valence-electron chi connectivity index (χ1n) is 22.2. The molecule has 0 aromatic heterocycles. The van der Waals surface area contributed by atoms with E-state index in [0.29, 0.717) is 0 Å². The molecule has 1 atom stereocenters. The Bertz CT molecular complexity index is 3290. The lowest BCUT2D eigenvalue weighted by molar-refractivity contribution is 0.858. The molecule has 0 N–H and O–H groups in total. The molecule has 10 aromatic rings. The zero-order chi connectivity index (χ0) is 42.7. The summed E-state index contributed by atoms with van der Waals surface area (Å²) in [6.07, 6.45) is 8.11. The normalized spacial score (nSPS) is 13.4. The summed E-state index contributed by atoms with van der Waals surface area (Å²) < 4.78 is 0. The summed E-state index contributed by atoms with van der Waals surface area (Å²) >= 11 is 0.